The van der Waals surface area contributed by atoms with Gasteiger partial charge in [-0.05, 0) is 54.6 Å². The van der Waals surface area contributed by atoms with Crippen LogP contribution in [-0.2, 0) is 6.54 Å². The predicted molar refractivity (Wildman–Crippen MR) is 113 cm³/mol. The Bertz CT molecular complexity index is 856. The first kappa shape index (κ1) is 19.6. The van der Waals surface area contributed by atoms with Crippen LogP contribution in [0.2, 0.25) is 5.02 Å². The monoisotopic (exact) mass is 400 g/mol. The van der Waals surface area contributed by atoms with Crippen molar-refractivity contribution in [2.75, 3.05) is 40.9 Å². The minimum absolute atomic E-state index is 0.505. The second-order valence-electron chi connectivity index (χ2n) is 8.17. The summed E-state index contributed by atoms with van der Waals surface area (Å²) in [7, 11) is 5.54. The van der Waals surface area contributed by atoms with Crippen LogP contribution in [-0.4, -0.2) is 50.7 Å². The first-order chi connectivity index (χ1) is 13.5. The molecule has 2 aromatic rings. The molecule has 2 aliphatic heterocycles. The number of aryl methyl sites for hydroxylation is 1. The summed E-state index contributed by atoms with van der Waals surface area (Å²) in [6.45, 7) is 6.52. The van der Waals surface area contributed by atoms with Crippen molar-refractivity contribution in [3.8, 4) is 11.5 Å². The van der Waals surface area contributed by atoms with Gasteiger partial charge in [-0.25, -0.2) is 0 Å². The van der Waals surface area contributed by atoms with E-state index in [4.69, 9.17) is 21.1 Å². The number of likely N-dealkylation sites (tertiary alicyclic amines) is 2. The van der Waals surface area contributed by atoms with Crippen molar-refractivity contribution in [2.24, 2.45) is 11.8 Å². The largest absolute Gasteiger partial charge is 0.493 e. The Hall–Kier alpha value is -1.75. The van der Waals surface area contributed by atoms with Crippen LogP contribution < -0.4 is 9.47 Å². The van der Waals surface area contributed by atoms with Crippen LogP contribution in [0.5, 0.6) is 11.5 Å². The van der Waals surface area contributed by atoms with Gasteiger partial charge >= 0.3 is 0 Å². The van der Waals surface area contributed by atoms with Crippen molar-refractivity contribution in [1.82, 2.24) is 9.80 Å². The summed E-state index contributed by atoms with van der Waals surface area (Å²) < 4.78 is 10.8. The van der Waals surface area contributed by atoms with Gasteiger partial charge in [-0.15, -0.1) is 0 Å². The molecule has 0 amide bonds. The van der Waals surface area contributed by atoms with Gasteiger partial charge in [-0.3, -0.25) is 9.80 Å². The topological polar surface area (TPSA) is 24.9 Å². The third kappa shape index (κ3) is 3.49. The van der Waals surface area contributed by atoms with Crippen molar-refractivity contribution >= 4 is 11.6 Å². The molecular weight excluding hydrogens is 372 g/mol. The smallest absolute Gasteiger partial charge is 0.179 e. The fraction of sp³-hybridized carbons (Fsp3) is 0.478. The van der Waals surface area contributed by atoms with Gasteiger partial charge in [0.25, 0.3) is 0 Å². The highest BCUT2D eigenvalue weighted by Gasteiger charge is 2.46. The van der Waals surface area contributed by atoms with Crippen LogP contribution in [0.15, 0.2) is 36.4 Å². The molecule has 3 atom stereocenters. The number of methoxy groups -OCH3 is 2. The van der Waals surface area contributed by atoms with Crippen LogP contribution in [0.4, 0.5) is 0 Å². The molecule has 4 rings (SSSR count). The molecule has 0 aliphatic carbocycles. The summed E-state index contributed by atoms with van der Waals surface area (Å²) in [5.41, 5.74) is 4.04. The van der Waals surface area contributed by atoms with Gasteiger partial charge in [0.15, 0.2) is 11.5 Å². The van der Waals surface area contributed by atoms with E-state index >= 15 is 0 Å². The summed E-state index contributed by atoms with van der Waals surface area (Å²) in [5, 5.41) is 0.605. The summed E-state index contributed by atoms with van der Waals surface area (Å²) in [6.07, 6.45) is 0. The number of ether oxygens (including phenoxy) is 2. The quantitative estimate of drug-likeness (QED) is 0.742. The molecule has 0 radical (unpaired) electrons. The van der Waals surface area contributed by atoms with Gasteiger partial charge in [0.1, 0.15) is 0 Å². The minimum atomic E-state index is 0.505. The fourth-order valence-electron chi connectivity index (χ4n) is 5.19. The number of hydrogen-bond donors (Lipinski definition) is 0. The Kier molecular flexibility index (Phi) is 5.55. The number of nitrogens with zero attached hydrogens (tertiary/aromatic N) is 2. The third-order valence-corrected chi connectivity index (χ3v) is 6.66. The molecule has 0 unspecified atom stereocenters. The first-order valence-electron chi connectivity index (χ1n) is 9.90. The second-order valence-corrected chi connectivity index (χ2v) is 8.58. The molecule has 2 heterocycles. The summed E-state index contributed by atoms with van der Waals surface area (Å²) >= 11 is 6.40. The third-order valence-electron chi connectivity index (χ3n) is 6.38. The number of fused-ring (bicyclic) bond motifs is 1. The highest BCUT2D eigenvalue weighted by Crippen LogP contribution is 2.45. The number of hydrogen-bond acceptors (Lipinski definition) is 4. The van der Waals surface area contributed by atoms with Crippen LogP contribution in [0.3, 0.4) is 0 Å². The molecule has 0 spiro atoms. The van der Waals surface area contributed by atoms with Crippen LogP contribution in [0, 0.1) is 18.8 Å². The fourth-order valence-corrected chi connectivity index (χ4v) is 5.50. The zero-order chi connectivity index (χ0) is 19.8. The molecule has 150 valence electrons. The number of halogens is 1. The highest BCUT2D eigenvalue weighted by molar-refractivity contribution is 6.32. The molecule has 2 saturated heterocycles. The molecule has 0 N–H and O–H groups in total. The molecule has 0 saturated carbocycles. The van der Waals surface area contributed by atoms with Crippen LogP contribution >= 0.6 is 11.6 Å². The van der Waals surface area contributed by atoms with E-state index in [1.54, 1.807) is 14.2 Å². The lowest BCUT2D eigenvalue weighted by Gasteiger charge is -2.28. The van der Waals surface area contributed by atoms with E-state index in [-0.39, 0.29) is 0 Å². The number of benzene rings is 2. The lowest BCUT2D eigenvalue weighted by molar-refractivity contribution is 0.224. The van der Waals surface area contributed by atoms with Gasteiger partial charge in [0.2, 0.25) is 0 Å². The molecule has 0 bridgehead atoms. The van der Waals surface area contributed by atoms with Crippen LogP contribution in [0.25, 0.3) is 0 Å². The van der Waals surface area contributed by atoms with E-state index in [1.807, 2.05) is 12.1 Å². The Morgan fingerprint density at radius 1 is 1.07 bits per heavy atom. The van der Waals surface area contributed by atoms with Gasteiger partial charge in [0, 0.05) is 32.2 Å². The lowest BCUT2D eigenvalue weighted by Crippen LogP contribution is -2.29. The van der Waals surface area contributed by atoms with E-state index in [1.165, 1.54) is 16.7 Å². The van der Waals surface area contributed by atoms with E-state index in [0.717, 1.165) is 26.2 Å². The number of rotatable bonds is 5. The zero-order valence-corrected chi connectivity index (χ0v) is 17.9. The standard InChI is InChI=1S/C23H29ClN2O2/c1-15-7-5-6-8-18(15)22-19-14-26(13-17(19)12-25(22)2)11-16-9-20(24)23(28-4)21(10-16)27-3/h5-10,17,19,22H,11-14H2,1-4H3/t17-,19+,22+/m0/s1. The predicted octanol–water partition coefficient (Wildman–Crippen LogP) is 4.40. The van der Waals surface area contributed by atoms with Crippen molar-refractivity contribution in [2.45, 2.75) is 19.5 Å². The van der Waals surface area contributed by atoms with E-state index in [2.05, 4.69) is 48.0 Å². The molecule has 28 heavy (non-hydrogen) atoms. The minimum Gasteiger partial charge on any atom is -0.493 e. The molecule has 2 aliphatic rings. The Labute approximate surface area is 173 Å². The second kappa shape index (κ2) is 7.94. The van der Waals surface area contributed by atoms with Crippen molar-refractivity contribution < 1.29 is 9.47 Å². The van der Waals surface area contributed by atoms with Crippen molar-refractivity contribution in [3.05, 3.63) is 58.1 Å². The Morgan fingerprint density at radius 2 is 1.86 bits per heavy atom. The maximum atomic E-state index is 6.40. The summed E-state index contributed by atoms with van der Waals surface area (Å²) in [6, 6.07) is 13.4. The molecule has 2 aromatic carbocycles. The Balaban J connectivity index is 1.52. The molecule has 0 aromatic heterocycles. The molecular formula is C23H29ClN2O2. The zero-order valence-electron chi connectivity index (χ0n) is 17.1. The van der Waals surface area contributed by atoms with Gasteiger partial charge in [-0.1, -0.05) is 35.9 Å². The molecule has 5 heteroatoms. The average Bonchev–Trinajstić information content (AvgIpc) is 3.17. The van der Waals surface area contributed by atoms with Crippen LogP contribution in [0.1, 0.15) is 22.7 Å². The van der Waals surface area contributed by atoms with E-state index in [9.17, 15) is 0 Å². The average molecular weight is 401 g/mol. The van der Waals surface area contributed by atoms with Crippen molar-refractivity contribution in [3.63, 3.8) is 0 Å². The first-order valence-corrected chi connectivity index (χ1v) is 10.3. The molecule has 4 nitrogen and oxygen atoms in total. The lowest BCUT2D eigenvalue weighted by atomic mass is 9.88. The molecule has 2 fully saturated rings. The van der Waals surface area contributed by atoms with Crippen molar-refractivity contribution in [1.29, 1.82) is 0 Å². The highest BCUT2D eigenvalue weighted by atomic mass is 35.5. The van der Waals surface area contributed by atoms with Gasteiger partial charge < -0.3 is 9.47 Å². The normalized spacial score (nSPS) is 25.1. The maximum Gasteiger partial charge on any atom is 0.179 e. The Morgan fingerprint density at radius 3 is 2.57 bits per heavy atom. The van der Waals surface area contributed by atoms with E-state index < -0.39 is 0 Å². The van der Waals surface area contributed by atoms with Gasteiger partial charge in [-0.2, -0.15) is 0 Å². The summed E-state index contributed by atoms with van der Waals surface area (Å²) in [5.74, 6) is 2.68. The maximum absolute atomic E-state index is 6.40. The summed E-state index contributed by atoms with van der Waals surface area (Å²) in [4.78, 5) is 5.10. The SMILES string of the molecule is COc1cc(CN2C[C@@H]3CN(C)[C@H](c4ccccc4C)[C@@H]3C2)cc(Cl)c1OC. The van der Waals surface area contributed by atoms with E-state index in [0.29, 0.717) is 34.4 Å². The van der Waals surface area contributed by atoms with Gasteiger partial charge in [0.05, 0.1) is 19.2 Å².